The first-order chi connectivity index (χ1) is 11.8. The van der Waals surface area contributed by atoms with Crippen molar-refractivity contribution in [1.82, 2.24) is 20.0 Å². The maximum atomic E-state index is 13.5. The van der Waals surface area contributed by atoms with Gasteiger partial charge in [0.25, 0.3) is 5.91 Å². The fourth-order valence-electron chi connectivity index (χ4n) is 2.20. The first kappa shape index (κ1) is 18.4. The van der Waals surface area contributed by atoms with Gasteiger partial charge in [-0.25, -0.2) is 8.78 Å². The number of nitrogens with one attached hydrogen (secondary N) is 1. The Morgan fingerprint density at radius 3 is 2.56 bits per heavy atom. The predicted molar refractivity (Wildman–Crippen MR) is 84.9 cm³/mol. The van der Waals surface area contributed by atoms with Crippen molar-refractivity contribution >= 4 is 11.8 Å². The van der Waals surface area contributed by atoms with E-state index < -0.39 is 23.4 Å². The minimum absolute atomic E-state index is 0.146. The molecule has 1 N–H and O–H groups in total. The number of amides is 2. The first-order valence-electron chi connectivity index (χ1n) is 7.36. The third-order valence-corrected chi connectivity index (χ3v) is 3.47. The molecule has 0 atom stereocenters. The molecule has 0 bridgehead atoms. The van der Waals surface area contributed by atoms with Crippen molar-refractivity contribution in [1.29, 1.82) is 0 Å². The minimum atomic E-state index is -0.746. The van der Waals surface area contributed by atoms with Gasteiger partial charge in [-0.15, -0.1) is 5.10 Å². The van der Waals surface area contributed by atoms with E-state index in [-0.39, 0.29) is 30.1 Å². The van der Waals surface area contributed by atoms with E-state index in [1.165, 1.54) is 31.1 Å². The Hall–Kier alpha value is -2.97. The first-order valence-corrected chi connectivity index (χ1v) is 7.36. The molecule has 0 saturated heterocycles. The molecule has 0 aliphatic carbocycles. The second-order valence-electron chi connectivity index (χ2n) is 5.36. The van der Waals surface area contributed by atoms with Gasteiger partial charge in [-0.05, 0) is 12.1 Å². The molecule has 2 rings (SSSR count). The zero-order valence-electron chi connectivity index (χ0n) is 14.0. The molecule has 0 aliphatic heterocycles. The number of likely N-dealkylation sites (N-methyl/N-ethyl adjacent to an activating group) is 1. The number of ether oxygens (including phenoxy) is 1. The number of halogens is 2. The van der Waals surface area contributed by atoms with Crippen LogP contribution in [0.5, 0.6) is 5.88 Å². The maximum absolute atomic E-state index is 13.5. The van der Waals surface area contributed by atoms with E-state index >= 15 is 0 Å². The van der Waals surface area contributed by atoms with Gasteiger partial charge in [0.2, 0.25) is 11.8 Å². The summed E-state index contributed by atoms with van der Waals surface area (Å²) < 4.78 is 33.5. The Balaban J connectivity index is 1.96. The lowest BCUT2D eigenvalue weighted by molar-refractivity contribution is -0.121. The molecule has 2 amide bonds. The van der Waals surface area contributed by atoms with Crippen molar-refractivity contribution in [2.45, 2.75) is 6.54 Å². The second kappa shape index (κ2) is 7.73. The van der Waals surface area contributed by atoms with Crippen LogP contribution in [0.1, 0.15) is 15.9 Å². The van der Waals surface area contributed by atoms with Gasteiger partial charge in [-0.2, -0.15) is 0 Å². The number of hydrogen-bond donors (Lipinski definition) is 1. The zero-order valence-corrected chi connectivity index (χ0v) is 14.0. The number of aryl methyl sites for hydroxylation is 1. The molecule has 0 unspecified atom stereocenters. The van der Waals surface area contributed by atoms with Crippen LogP contribution in [0.2, 0.25) is 0 Å². The van der Waals surface area contributed by atoms with Crippen molar-refractivity contribution in [2.75, 3.05) is 20.7 Å². The number of benzene rings is 1. The largest absolute Gasteiger partial charge is 0.479 e. The van der Waals surface area contributed by atoms with Gasteiger partial charge >= 0.3 is 0 Å². The summed E-state index contributed by atoms with van der Waals surface area (Å²) in [4.78, 5) is 25.5. The van der Waals surface area contributed by atoms with Crippen LogP contribution < -0.4 is 10.1 Å². The SMILES string of the molecule is COc1nn(C)cc1C(=O)N(C)CC(=O)NCc1c(F)cccc1F. The average molecular weight is 352 g/mol. The molecule has 2 aromatic rings. The van der Waals surface area contributed by atoms with Crippen molar-refractivity contribution in [3.63, 3.8) is 0 Å². The van der Waals surface area contributed by atoms with Gasteiger partial charge < -0.3 is 15.0 Å². The molecule has 0 aliphatic rings. The molecular weight excluding hydrogens is 334 g/mol. The fraction of sp³-hybridized carbons (Fsp3) is 0.312. The van der Waals surface area contributed by atoms with Gasteiger partial charge in [0.05, 0.1) is 13.7 Å². The van der Waals surface area contributed by atoms with Crippen LogP contribution in [0.15, 0.2) is 24.4 Å². The number of aromatic nitrogens is 2. The molecule has 1 aromatic carbocycles. The van der Waals surface area contributed by atoms with Crippen LogP contribution >= 0.6 is 0 Å². The van der Waals surface area contributed by atoms with Gasteiger partial charge in [0, 0.05) is 32.4 Å². The molecule has 9 heteroatoms. The topological polar surface area (TPSA) is 76.5 Å². The van der Waals surface area contributed by atoms with Crippen LogP contribution in [0.25, 0.3) is 0 Å². The highest BCUT2D eigenvalue weighted by Gasteiger charge is 2.21. The number of hydrogen-bond acceptors (Lipinski definition) is 4. The van der Waals surface area contributed by atoms with Crippen LogP contribution in [-0.2, 0) is 18.4 Å². The number of carbonyl (C=O) groups is 2. The van der Waals surface area contributed by atoms with Crippen molar-refractivity contribution in [3.8, 4) is 5.88 Å². The van der Waals surface area contributed by atoms with E-state index in [0.29, 0.717) is 0 Å². The van der Waals surface area contributed by atoms with E-state index in [2.05, 4.69) is 10.4 Å². The summed E-state index contributed by atoms with van der Waals surface area (Å²) in [6.45, 7) is -0.595. The molecule has 1 heterocycles. The van der Waals surface area contributed by atoms with E-state index in [0.717, 1.165) is 17.0 Å². The highest BCUT2D eigenvalue weighted by Crippen LogP contribution is 2.16. The lowest BCUT2D eigenvalue weighted by Gasteiger charge is -2.16. The number of methoxy groups -OCH3 is 1. The van der Waals surface area contributed by atoms with E-state index in [4.69, 9.17) is 4.74 Å². The van der Waals surface area contributed by atoms with Gasteiger partial charge in [-0.3, -0.25) is 14.3 Å². The number of carbonyl (C=O) groups excluding carboxylic acids is 2. The number of nitrogens with zero attached hydrogens (tertiary/aromatic N) is 3. The summed E-state index contributed by atoms with van der Waals surface area (Å²) in [5, 5.41) is 6.36. The Kier molecular flexibility index (Phi) is 5.68. The van der Waals surface area contributed by atoms with Crippen LogP contribution in [0.3, 0.4) is 0 Å². The number of rotatable bonds is 6. The summed E-state index contributed by atoms with van der Waals surface area (Å²) in [6, 6.07) is 3.45. The Morgan fingerprint density at radius 1 is 1.32 bits per heavy atom. The van der Waals surface area contributed by atoms with Crippen molar-refractivity contribution < 1.29 is 23.1 Å². The standard InChI is InChI=1S/C16H18F2N4O3/c1-21(16(24)11-8-22(2)20-15(11)25-3)9-14(23)19-7-10-12(17)5-4-6-13(10)18/h4-6,8H,7,9H2,1-3H3,(H,19,23). The minimum Gasteiger partial charge on any atom is -0.479 e. The van der Waals surface area contributed by atoms with Crippen LogP contribution in [0.4, 0.5) is 8.78 Å². The maximum Gasteiger partial charge on any atom is 0.261 e. The van der Waals surface area contributed by atoms with Crippen LogP contribution in [0, 0.1) is 11.6 Å². The molecule has 0 radical (unpaired) electrons. The van der Waals surface area contributed by atoms with Gasteiger partial charge in [0.15, 0.2) is 0 Å². The smallest absolute Gasteiger partial charge is 0.261 e. The molecule has 7 nitrogen and oxygen atoms in total. The summed E-state index contributed by atoms with van der Waals surface area (Å²) in [5.74, 6) is -2.36. The highest BCUT2D eigenvalue weighted by molar-refractivity contribution is 5.98. The second-order valence-corrected chi connectivity index (χ2v) is 5.36. The summed E-state index contributed by atoms with van der Waals surface area (Å²) in [7, 11) is 4.45. The zero-order chi connectivity index (χ0) is 18.6. The lowest BCUT2D eigenvalue weighted by atomic mass is 10.2. The van der Waals surface area contributed by atoms with Gasteiger partial charge in [-0.1, -0.05) is 6.07 Å². The molecule has 25 heavy (non-hydrogen) atoms. The Labute approximate surface area is 143 Å². The monoisotopic (exact) mass is 352 g/mol. The molecule has 0 spiro atoms. The summed E-state index contributed by atoms with van der Waals surface area (Å²) in [5.41, 5.74) is -0.0285. The molecular formula is C16H18F2N4O3. The third kappa shape index (κ3) is 4.31. The average Bonchev–Trinajstić information content (AvgIpc) is 2.94. The normalized spacial score (nSPS) is 10.4. The molecule has 0 fully saturated rings. The predicted octanol–water partition coefficient (Wildman–Crippen LogP) is 1.10. The van der Waals surface area contributed by atoms with Crippen molar-refractivity contribution in [3.05, 3.63) is 47.2 Å². The molecule has 1 aromatic heterocycles. The quantitative estimate of drug-likeness (QED) is 0.845. The van der Waals surface area contributed by atoms with E-state index in [1.807, 2.05) is 0 Å². The summed E-state index contributed by atoms with van der Waals surface area (Å²) >= 11 is 0. The Morgan fingerprint density at radius 2 is 1.96 bits per heavy atom. The lowest BCUT2D eigenvalue weighted by Crippen LogP contribution is -2.38. The highest BCUT2D eigenvalue weighted by atomic mass is 19.1. The third-order valence-electron chi connectivity index (χ3n) is 3.47. The Bertz CT molecular complexity index is 771. The van der Waals surface area contributed by atoms with E-state index in [9.17, 15) is 18.4 Å². The van der Waals surface area contributed by atoms with Gasteiger partial charge in [0.1, 0.15) is 17.2 Å². The van der Waals surface area contributed by atoms with E-state index in [1.54, 1.807) is 7.05 Å². The van der Waals surface area contributed by atoms with Crippen LogP contribution in [-0.4, -0.2) is 47.2 Å². The summed E-state index contributed by atoms with van der Waals surface area (Å²) in [6.07, 6.45) is 1.48. The van der Waals surface area contributed by atoms with Crippen molar-refractivity contribution in [2.24, 2.45) is 7.05 Å². The molecule has 0 saturated carbocycles. The fourth-order valence-corrected chi connectivity index (χ4v) is 2.20. The molecule has 134 valence electrons.